The van der Waals surface area contributed by atoms with Crippen molar-refractivity contribution in [1.82, 2.24) is 25.6 Å². The number of hydrogen-bond donors (Lipinski definition) is 1. The molecule has 0 bridgehead atoms. The molecule has 0 radical (unpaired) electrons. The first-order valence-electron chi connectivity index (χ1n) is 8.65. The first-order chi connectivity index (χ1) is 12.9. The van der Waals surface area contributed by atoms with Crippen LogP contribution in [0.25, 0.3) is 10.9 Å². The number of para-hydroxylation sites is 1. The van der Waals surface area contributed by atoms with Crippen molar-refractivity contribution >= 4 is 10.9 Å². The quantitative estimate of drug-likeness (QED) is 0.555. The molecule has 4 aromatic rings. The highest BCUT2D eigenvalue weighted by molar-refractivity contribution is 5.78. The SMILES string of the molecule is c1cc(CCCc2nn[nH]n2)cc(OCc2ccc3ccccc3n2)c1. The van der Waals surface area contributed by atoms with E-state index < -0.39 is 0 Å². The van der Waals surface area contributed by atoms with Crippen LogP contribution in [0.5, 0.6) is 5.75 Å². The molecule has 4 rings (SSSR count). The van der Waals surface area contributed by atoms with Crippen LogP contribution >= 0.6 is 0 Å². The summed E-state index contributed by atoms with van der Waals surface area (Å²) < 4.78 is 5.93. The fraction of sp³-hybridized carbons (Fsp3) is 0.200. The molecule has 0 spiro atoms. The van der Waals surface area contributed by atoms with Crippen LogP contribution in [0.2, 0.25) is 0 Å². The third-order valence-electron chi connectivity index (χ3n) is 4.20. The van der Waals surface area contributed by atoms with Gasteiger partial charge in [-0.1, -0.05) is 41.6 Å². The van der Waals surface area contributed by atoms with Gasteiger partial charge in [0, 0.05) is 11.8 Å². The molecule has 2 aromatic carbocycles. The minimum atomic E-state index is 0.456. The lowest BCUT2D eigenvalue weighted by Gasteiger charge is -2.08. The number of rotatable bonds is 7. The Kier molecular flexibility index (Phi) is 4.82. The summed E-state index contributed by atoms with van der Waals surface area (Å²) in [5, 5.41) is 15.1. The average molecular weight is 345 g/mol. The van der Waals surface area contributed by atoms with Gasteiger partial charge in [-0.15, -0.1) is 10.2 Å². The van der Waals surface area contributed by atoms with E-state index >= 15 is 0 Å². The van der Waals surface area contributed by atoms with Crippen molar-refractivity contribution in [2.45, 2.75) is 25.9 Å². The molecule has 1 N–H and O–H groups in total. The molecule has 0 fully saturated rings. The highest BCUT2D eigenvalue weighted by atomic mass is 16.5. The lowest BCUT2D eigenvalue weighted by Crippen LogP contribution is -1.99. The Labute approximate surface area is 151 Å². The van der Waals surface area contributed by atoms with E-state index in [1.165, 1.54) is 5.56 Å². The molecule has 6 nitrogen and oxygen atoms in total. The van der Waals surface area contributed by atoms with Gasteiger partial charge in [-0.25, -0.2) is 4.98 Å². The standard InChI is InChI=1S/C20H19N5O/c1-2-9-19-16(7-1)11-12-17(21-19)14-26-18-8-3-5-15(13-18)6-4-10-20-22-24-25-23-20/h1-3,5,7-9,11-13H,4,6,10,14H2,(H,22,23,24,25). The zero-order valence-corrected chi connectivity index (χ0v) is 14.3. The third kappa shape index (κ3) is 4.03. The number of aromatic nitrogens is 5. The van der Waals surface area contributed by atoms with Crippen LogP contribution in [0.4, 0.5) is 0 Å². The number of fused-ring (bicyclic) bond motifs is 1. The molecule has 0 aliphatic carbocycles. The molecule has 0 atom stereocenters. The molecule has 2 aromatic heterocycles. The molecule has 0 amide bonds. The van der Waals surface area contributed by atoms with Gasteiger partial charge in [-0.2, -0.15) is 5.21 Å². The summed E-state index contributed by atoms with van der Waals surface area (Å²) in [4.78, 5) is 4.64. The summed E-state index contributed by atoms with van der Waals surface area (Å²) in [6.45, 7) is 0.456. The number of benzene rings is 2. The minimum absolute atomic E-state index is 0.456. The van der Waals surface area contributed by atoms with Crippen LogP contribution in [-0.2, 0) is 19.4 Å². The predicted molar refractivity (Wildman–Crippen MR) is 98.7 cm³/mol. The molecule has 0 unspecified atom stereocenters. The van der Waals surface area contributed by atoms with E-state index in [1.807, 2.05) is 36.4 Å². The van der Waals surface area contributed by atoms with E-state index in [0.717, 1.165) is 47.4 Å². The van der Waals surface area contributed by atoms with Gasteiger partial charge < -0.3 is 4.74 Å². The van der Waals surface area contributed by atoms with Crippen molar-refractivity contribution in [1.29, 1.82) is 0 Å². The highest BCUT2D eigenvalue weighted by Crippen LogP contribution is 2.18. The third-order valence-corrected chi connectivity index (χ3v) is 4.20. The molecular weight excluding hydrogens is 326 g/mol. The Morgan fingerprint density at radius 3 is 2.81 bits per heavy atom. The number of nitrogens with one attached hydrogen (secondary N) is 1. The molecule has 26 heavy (non-hydrogen) atoms. The summed E-state index contributed by atoms with van der Waals surface area (Å²) in [5.74, 6) is 1.61. The van der Waals surface area contributed by atoms with Gasteiger partial charge in [0.05, 0.1) is 11.2 Å². The molecule has 130 valence electrons. The maximum absolute atomic E-state index is 5.93. The Bertz CT molecular complexity index is 984. The van der Waals surface area contributed by atoms with Crippen molar-refractivity contribution in [3.05, 3.63) is 77.7 Å². The van der Waals surface area contributed by atoms with E-state index in [9.17, 15) is 0 Å². The van der Waals surface area contributed by atoms with Crippen molar-refractivity contribution in [3.63, 3.8) is 0 Å². The fourth-order valence-electron chi connectivity index (χ4n) is 2.88. The monoisotopic (exact) mass is 345 g/mol. The molecular formula is C20H19N5O. The Morgan fingerprint density at radius 1 is 0.923 bits per heavy atom. The van der Waals surface area contributed by atoms with Crippen molar-refractivity contribution in [2.24, 2.45) is 0 Å². The van der Waals surface area contributed by atoms with Crippen LogP contribution in [0.15, 0.2) is 60.7 Å². The van der Waals surface area contributed by atoms with Gasteiger partial charge in [0.15, 0.2) is 5.82 Å². The maximum Gasteiger partial charge on any atom is 0.174 e. The van der Waals surface area contributed by atoms with Gasteiger partial charge in [0.2, 0.25) is 0 Å². The number of aromatic amines is 1. The van der Waals surface area contributed by atoms with Crippen molar-refractivity contribution in [2.75, 3.05) is 0 Å². The lowest BCUT2D eigenvalue weighted by atomic mass is 10.1. The summed E-state index contributed by atoms with van der Waals surface area (Å²) in [7, 11) is 0. The van der Waals surface area contributed by atoms with Gasteiger partial charge in [0.1, 0.15) is 12.4 Å². The number of tetrazole rings is 1. The Balaban J connectivity index is 1.35. The normalized spacial score (nSPS) is 10.9. The van der Waals surface area contributed by atoms with Gasteiger partial charge in [0.25, 0.3) is 0 Å². The van der Waals surface area contributed by atoms with Gasteiger partial charge >= 0.3 is 0 Å². The Hall–Kier alpha value is -3.28. The second-order valence-electron chi connectivity index (χ2n) is 6.11. The van der Waals surface area contributed by atoms with E-state index in [-0.39, 0.29) is 0 Å². The predicted octanol–water partition coefficient (Wildman–Crippen LogP) is 3.50. The van der Waals surface area contributed by atoms with Crippen LogP contribution in [-0.4, -0.2) is 25.6 Å². The minimum Gasteiger partial charge on any atom is -0.487 e. The zero-order valence-electron chi connectivity index (χ0n) is 14.3. The number of aryl methyl sites for hydroxylation is 2. The topological polar surface area (TPSA) is 76.6 Å². The lowest BCUT2D eigenvalue weighted by molar-refractivity contribution is 0.301. The van der Waals surface area contributed by atoms with Crippen molar-refractivity contribution in [3.8, 4) is 5.75 Å². The van der Waals surface area contributed by atoms with Crippen LogP contribution < -0.4 is 4.74 Å². The van der Waals surface area contributed by atoms with Gasteiger partial charge in [-0.3, -0.25) is 0 Å². The largest absolute Gasteiger partial charge is 0.487 e. The number of ether oxygens (including phenoxy) is 1. The zero-order chi connectivity index (χ0) is 17.6. The fourth-order valence-corrected chi connectivity index (χ4v) is 2.88. The number of pyridine rings is 1. The average Bonchev–Trinajstić information content (AvgIpc) is 3.20. The van der Waals surface area contributed by atoms with Crippen molar-refractivity contribution < 1.29 is 4.74 Å². The number of nitrogens with zero attached hydrogens (tertiary/aromatic N) is 4. The van der Waals surface area contributed by atoms with E-state index in [2.05, 4.69) is 49.9 Å². The van der Waals surface area contributed by atoms with E-state index in [1.54, 1.807) is 0 Å². The molecule has 2 heterocycles. The first-order valence-corrected chi connectivity index (χ1v) is 8.65. The summed E-state index contributed by atoms with van der Waals surface area (Å²) in [6.07, 6.45) is 2.72. The summed E-state index contributed by atoms with van der Waals surface area (Å²) in [6, 6.07) is 20.4. The molecule has 0 saturated carbocycles. The molecule has 0 saturated heterocycles. The van der Waals surface area contributed by atoms with Gasteiger partial charge in [-0.05, 0) is 42.7 Å². The van der Waals surface area contributed by atoms with Crippen LogP contribution in [0.1, 0.15) is 23.5 Å². The summed E-state index contributed by atoms with van der Waals surface area (Å²) >= 11 is 0. The van der Waals surface area contributed by atoms with E-state index in [0.29, 0.717) is 6.61 Å². The maximum atomic E-state index is 5.93. The second kappa shape index (κ2) is 7.74. The number of hydrogen-bond acceptors (Lipinski definition) is 5. The second-order valence-corrected chi connectivity index (χ2v) is 6.11. The smallest absolute Gasteiger partial charge is 0.174 e. The van der Waals surface area contributed by atoms with E-state index in [4.69, 9.17) is 4.74 Å². The highest BCUT2D eigenvalue weighted by Gasteiger charge is 2.03. The molecule has 0 aliphatic heterocycles. The number of H-pyrrole nitrogens is 1. The van der Waals surface area contributed by atoms with Crippen LogP contribution in [0.3, 0.4) is 0 Å². The Morgan fingerprint density at radius 2 is 1.88 bits per heavy atom. The molecule has 6 heteroatoms. The molecule has 0 aliphatic rings. The summed E-state index contributed by atoms with van der Waals surface area (Å²) in [5.41, 5.74) is 3.15. The first kappa shape index (κ1) is 16.2. The van der Waals surface area contributed by atoms with Crippen LogP contribution in [0, 0.1) is 0 Å².